The maximum absolute atomic E-state index is 13.6. The summed E-state index contributed by atoms with van der Waals surface area (Å²) in [6, 6.07) is 40.8. The summed E-state index contributed by atoms with van der Waals surface area (Å²) < 4.78 is 5.53. The summed E-state index contributed by atoms with van der Waals surface area (Å²) in [5.41, 5.74) is 4.58. The molecule has 0 aliphatic rings. The molecule has 1 atom stereocenters. The number of nitrogens with one attached hydrogen (secondary N) is 3. The number of anilines is 2. The molecular weight excluding hydrogens is 631 g/mol. The van der Waals surface area contributed by atoms with Crippen LogP contribution in [0, 0.1) is 0 Å². The van der Waals surface area contributed by atoms with Crippen LogP contribution in [0.25, 0.3) is 6.08 Å². The van der Waals surface area contributed by atoms with Crippen LogP contribution >= 0.6 is 11.8 Å². The van der Waals surface area contributed by atoms with E-state index in [0.29, 0.717) is 29.5 Å². The van der Waals surface area contributed by atoms with Gasteiger partial charge in [0.15, 0.2) is 0 Å². The fourth-order valence-corrected chi connectivity index (χ4v) is 5.97. The van der Waals surface area contributed by atoms with Crippen LogP contribution in [0.2, 0.25) is 0 Å². The standard InChI is InChI=1S/C41H39N3O4S/c1-4-48-35-23-15-29(16-24-35)27-37(44-39(45)32-13-9-6-10-14-32)40(46)42-34-21-25-36(26-22-34)49-38(31-11-7-5-8-12-31)41(47)43-33-19-17-30(18-20-33)28(2)3/h5-28,38H,4H2,1-3H3,(H,42,46)(H,43,47)(H,44,45)/b37-27-. The van der Waals surface area contributed by atoms with Crippen LogP contribution in [-0.4, -0.2) is 24.3 Å². The Balaban J connectivity index is 1.31. The van der Waals surface area contributed by atoms with Gasteiger partial charge in [-0.1, -0.05) is 86.6 Å². The fraction of sp³-hybridized carbons (Fsp3) is 0.146. The summed E-state index contributed by atoms with van der Waals surface area (Å²) in [5.74, 6) is 0.0942. The van der Waals surface area contributed by atoms with Gasteiger partial charge in [-0.15, -0.1) is 11.8 Å². The summed E-state index contributed by atoms with van der Waals surface area (Å²) in [6.07, 6.45) is 1.62. The van der Waals surface area contributed by atoms with Gasteiger partial charge in [0.05, 0.1) is 6.61 Å². The zero-order valence-electron chi connectivity index (χ0n) is 27.7. The van der Waals surface area contributed by atoms with E-state index in [9.17, 15) is 14.4 Å². The fourth-order valence-electron chi connectivity index (χ4n) is 4.95. The molecule has 0 saturated heterocycles. The van der Waals surface area contributed by atoms with Crippen molar-refractivity contribution >= 4 is 46.9 Å². The summed E-state index contributed by atoms with van der Waals surface area (Å²) in [7, 11) is 0. The molecule has 5 aromatic rings. The Labute approximate surface area is 291 Å². The van der Waals surface area contributed by atoms with Crippen molar-refractivity contribution in [2.45, 2.75) is 36.8 Å². The first-order valence-corrected chi connectivity index (χ1v) is 17.0. The molecule has 0 fully saturated rings. The van der Waals surface area contributed by atoms with Gasteiger partial charge in [0.2, 0.25) is 5.91 Å². The number of rotatable bonds is 13. The van der Waals surface area contributed by atoms with Crippen LogP contribution in [0.15, 0.2) is 144 Å². The van der Waals surface area contributed by atoms with Crippen LogP contribution in [0.5, 0.6) is 5.75 Å². The molecule has 0 bridgehead atoms. The second-order valence-electron chi connectivity index (χ2n) is 11.5. The molecule has 7 nitrogen and oxygen atoms in total. The maximum atomic E-state index is 13.6. The third kappa shape index (κ3) is 9.95. The summed E-state index contributed by atoms with van der Waals surface area (Å²) in [4.78, 5) is 41.0. The molecule has 3 amide bonds. The normalized spacial score (nSPS) is 11.8. The smallest absolute Gasteiger partial charge is 0.272 e. The van der Waals surface area contributed by atoms with Gasteiger partial charge in [0.1, 0.15) is 16.7 Å². The van der Waals surface area contributed by atoms with Crippen LogP contribution in [0.1, 0.15) is 59.0 Å². The number of hydrogen-bond donors (Lipinski definition) is 3. The predicted octanol–water partition coefficient (Wildman–Crippen LogP) is 9.09. The van der Waals surface area contributed by atoms with Crippen molar-refractivity contribution in [3.8, 4) is 5.75 Å². The highest BCUT2D eigenvalue weighted by molar-refractivity contribution is 8.00. The number of benzene rings is 5. The van der Waals surface area contributed by atoms with E-state index in [2.05, 4.69) is 29.8 Å². The molecule has 0 radical (unpaired) electrons. The molecule has 0 spiro atoms. The van der Waals surface area contributed by atoms with Gasteiger partial charge in [-0.05, 0) is 96.3 Å². The largest absolute Gasteiger partial charge is 0.494 e. The van der Waals surface area contributed by atoms with Gasteiger partial charge < -0.3 is 20.7 Å². The first kappa shape index (κ1) is 34.7. The number of carbonyl (C=O) groups excluding carboxylic acids is 3. The average molecular weight is 670 g/mol. The number of amides is 3. The minimum absolute atomic E-state index is 0.0821. The van der Waals surface area contributed by atoms with Gasteiger partial charge >= 0.3 is 0 Å². The molecule has 49 heavy (non-hydrogen) atoms. The zero-order valence-corrected chi connectivity index (χ0v) is 28.5. The first-order valence-electron chi connectivity index (χ1n) is 16.1. The Morgan fingerprint density at radius 2 is 1.29 bits per heavy atom. The van der Waals surface area contributed by atoms with Crippen LogP contribution in [0.3, 0.4) is 0 Å². The van der Waals surface area contributed by atoms with E-state index in [1.54, 1.807) is 42.5 Å². The highest BCUT2D eigenvalue weighted by atomic mass is 32.2. The number of thioether (sulfide) groups is 1. The van der Waals surface area contributed by atoms with E-state index in [0.717, 1.165) is 21.7 Å². The molecular formula is C41H39N3O4S. The third-order valence-corrected chi connectivity index (χ3v) is 8.85. The van der Waals surface area contributed by atoms with Crippen molar-refractivity contribution in [2.24, 2.45) is 0 Å². The van der Waals surface area contributed by atoms with Crippen molar-refractivity contribution in [3.05, 3.63) is 161 Å². The minimum Gasteiger partial charge on any atom is -0.494 e. The lowest BCUT2D eigenvalue weighted by molar-refractivity contribution is -0.116. The van der Waals surface area contributed by atoms with Crippen molar-refractivity contribution < 1.29 is 19.1 Å². The van der Waals surface area contributed by atoms with Gasteiger partial charge in [0.25, 0.3) is 11.8 Å². The van der Waals surface area contributed by atoms with Gasteiger partial charge in [-0.2, -0.15) is 0 Å². The lowest BCUT2D eigenvalue weighted by Gasteiger charge is -2.18. The third-order valence-electron chi connectivity index (χ3n) is 7.58. The molecule has 0 heterocycles. The van der Waals surface area contributed by atoms with Gasteiger partial charge in [-0.25, -0.2) is 0 Å². The van der Waals surface area contributed by atoms with Crippen molar-refractivity contribution in [3.63, 3.8) is 0 Å². The van der Waals surface area contributed by atoms with Crippen molar-refractivity contribution in [1.82, 2.24) is 5.32 Å². The maximum Gasteiger partial charge on any atom is 0.272 e. The topological polar surface area (TPSA) is 96.5 Å². The molecule has 0 aliphatic heterocycles. The molecule has 0 aliphatic carbocycles. The Kier molecular flexibility index (Phi) is 12.0. The number of hydrogen-bond acceptors (Lipinski definition) is 5. The van der Waals surface area contributed by atoms with Crippen molar-refractivity contribution in [2.75, 3.05) is 17.2 Å². The van der Waals surface area contributed by atoms with Gasteiger partial charge in [-0.3, -0.25) is 14.4 Å². The van der Waals surface area contributed by atoms with Crippen LogP contribution in [-0.2, 0) is 9.59 Å². The Morgan fingerprint density at radius 3 is 1.90 bits per heavy atom. The van der Waals surface area contributed by atoms with Crippen LogP contribution < -0.4 is 20.7 Å². The summed E-state index contributed by atoms with van der Waals surface area (Å²) in [5, 5.41) is 8.22. The average Bonchev–Trinajstić information content (AvgIpc) is 3.12. The Hall–Kier alpha value is -5.60. The second-order valence-corrected chi connectivity index (χ2v) is 12.7. The molecule has 8 heteroatoms. The molecule has 0 saturated carbocycles. The number of ether oxygens (including phenoxy) is 1. The highest BCUT2D eigenvalue weighted by Gasteiger charge is 2.23. The Morgan fingerprint density at radius 1 is 0.694 bits per heavy atom. The van der Waals surface area contributed by atoms with E-state index >= 15 is 0 Å². The quantitative estimate of drug-likeness (QED) is 0.0859. The van der Waals surface area contributed by atoms with E-state index in [1.807, 2.05) is 104 Å². The summed E-state index contributed by atoms with van der Waals surface area (Å²) >= 11 is 1.42. The molecule has 0 aromatic heterocycles. The molecule has 248 valence electrons. The molecule has 5 aromatic carbocycles. The van der Waals surface area contributed by atoms with E-state index < -0.39 is 17.1 Å². The number of carbonyl (C=O) groups is 3. The molecule has 3 N–H and O–H groups in total. The Bertz CT molecular complexity index is 1870. The first-order chi connectivity index (χ1) is 23.8. The highest BCUT2D eigenvalue weighted by Crippen LogP contribution is 2.37. The molecule has 5 rings (SSSR count). The van der Waals surface area contributed by atoms with Crippen molar-refractivity contribution in [1.29, 1.82) is 0 Å². The lowest BCUT2D eigenvalue weighted by Crippen LogP contribution is -2.30. The molecule has 1 unspecified atom stereocenters. The predicted molar refractivity (Wildman–Crippen MR) is 199 cm³/mol. The van der Waals surface area contributed by atoms with Crippen LogP contribution in [0.4, 0.5) is 11.4 Å². The van der Waals surface area contributed by atoms with E-state index in [4.69, 9.17) is 4.74 Å². The summed E-state index contributed by atoms with van der Waals surface area (Å²) in [6.45, 7) is 6.72. The lowest BCUT2D eigenvalue weighted by atomic mass is 10.0. The second kappa shape index (κ2) is 17.0. The monoisotopic (exact) mass is 669 g/mol. The zero-order chi connectivity index (χ0) is 34.6. The SMILES string of the molecule is CCOc1ccc(/C=C(\NC(=O)c2ccccc2)C(=O)Nc2ccc(SC(C(=O)Nc3ccc(C(C)C)cc3)c3ccccc3)cc2)cc1. The van der Waals surface area contributed by atoms with E-state index in [1.165, 1.54) is 17.3 Å². The van der Waals surface area contributed by atoms with E-state index in [-0.39, 0.29) is 11.6 Å². The van der Waals surface area contributed by atoms with Gasteiger partial charge in [0, 0.05) is 21.8 Å². The minimum atomic E-state index is -0.511.